The van der Waals surface area contributed by atoms with Crippen molar-refractivity contribution in [3.63, 3.8) is 0 Å². The molecule has 4 heteroatoms. The monoisotopic (exact) mass is 162 g/mol. The van der Waals surface area contributed by atoms with Crippen LogP contribution in [-0.4, -0.2) is 17.5 Å². The molecule has 0 spiro atoms. The van der Waals surface area contributed by atoms with Crippen molar-refractivity contribution in [3.8, 4) is 0 Å². The SMILES string of the molecule is CSC(=O)OC(=O)C(C)C. The van der Waals surface area contributed by atoms with E-state index in [4.69, 9.17) is 0 Å². The van der Waals surface area contributed by atoms with Crippen molar-refractivity contribution in [2.24, 2.45) is 5.92 Å². The number of esters is 1. The topological polar surface area (TPSA) is 43.4 Å². The lowest BCUT2D eigenvalue weighted by Crippen LogP contribution is -2.13. The van der Waals surface area contributed by atoms with Crippen molar-refractivity contribution >= 4 is 23.0 Å². The summed E-state index contributed by atoms with van der Waals surface area (Å²) in [5.74, 6) is -0.713. The highest BCUT2D eigenvalue weighted by Gasteiger charge is 2.12. The maximum absolute atomic E-state index is 10.7. The van der Waals surface area contributed by atoms with Crippen molar-refractivity contribution in [1.29, 1.82) is 0 Å². The highest BCUT2D eigenvalue weighted by atomic mass is 32.2. The van der Waals surface area contributed by atoms with Gasteiger partial charge in [0.1, 0.15) is 0 Å². The van der Waals surface area contributed by atoms with Crippen LogP contribution in [-0.2, 0) is 9.53 Å². The van der Waals surface area contributed by atoms with Crippen molar-refractivity contribution in [3.05, 3.63) is 0 Å². The maximum Gasteiger partial charge on any atom is 0.374 e. The van der Waals surface area contributed by atoms with Crippen LogP contribution in [0.4, 0.5) is 4.79 Å². The number of rotatable bonds is 1. The summed E-state index contributed by atoms with van der Waals surface area (Å²) >= 11 is 0.889. The molecule has 0 aromatic carbocycles. The van der Waals surface area contributed by atoms with Gasteiger partial charge in [-0.2, -0.15) is 0 Å². The molecule has 0 aromatic rings. The first kappa shape index (κ1) is 9.49. The maximum atomic E-state index is 10.7. The minimum absolute atomic E-state index is 0.240. The highest BCUT2D eigenvalue weighted by Crippen LogP contribution is 2.03. The fourth-order valence-corrected chi connectivity index (χ4v) is 0.407. The van der Waals surface area contributed by atoms with Gasteiger partial charge in [-0.05, 0) is 18.0 Å². The molecule has 0 saturated heterocycles. The molecule has 0 aliphatic rings. The molecule has 0 saturated carbocycles. The third kappa shape index (κ3) is 3.50. The lowest BCUT2D eigenvalue weighted by molar-refractivity contribution is -0.139. The second-order valence-electron chi connectivity index (χ2n) is 2.03. The van der Waals surface area contributed by atoms with Crippen LogP contribution >= 0.6 is 11.8 Å². The molecule has 10 heavy (non-hydrogen) atoms. The molecular formula is C6H10O3S. The first-order valence-electron chi connectivity index (χ1n) is 2.87. The van der Waals surface area contributed by atoms with Gasteiger partial charge in [-0.15, -0.1) is 0 Å². The van der Waals surface area contributed by atoms with E-state index in [1.165, 1.54) is 0 Å². The molecule has 58 valence electrons. The van der Waals surface area contributed by atoms with Crippen LogP contribution in [0.5, 0.6) is 0 Å². The average Bonchev–Trinajstić information content (AvgIpc) is 1.87. The van der Waals surface area contributed by atoms with Gasteiger partial charge in [0.25, 0.3) is 0 Å². The van der Waals surface area contributed by atoms with E-state index < -0.39 is 11.3 Å². The Hall–Kier alpha value is -0.510. The van der Waals surface area contributed by atoms with E-state index in [1.54, 1.807) is 20.1 Å². The average molecular weight is 162 g/mol. The van der Waals surface area contributed by atoms with E-state index in [9.17, 15) is 9.59 Å². The minimum Gasteiger partial charge on any atom is -0.385 e. The van der Waals surface area contributed by atoms with E-state index >= 15 is 0 Å². The number of carbonyl (C=O) groups is 2. The molecule has 0 heterocycles. The molecule has 0 amide bonds. The predicted octanol–water partition coefficient (Wildman–Crippen LogP) is 1.67. The Labute approximate surface area is 64.1 Å². The zero-order valence-corrected chi connectivity index (χ0v) is 7.03. The third-order valence-corrected chi connectivity index (χ3v) is 1.24. The highest BCUT2D eigenvalue weighted by molar-refractivity contribution is 8.12. The van der Waals surface area contributed by atoms with Crippen molar-refractivity contribution in [2.45, 2.75) is 13.8 Å². The fourth-order valence-electron chi connectivity index (χ4n) is 0.242. The molecule has 0 unspecified atom stereocenters. The normalized spacial score (nSPS) is 9.60. The molecule has 0 aliphatic carbocycles. The third-order valence-electron chi connectivity index (χ3n) is 0.822. The van der Waals surface area contributed by atoms with Crippen LogP contribution < -0.4 is 0 Å². The molecule has 0 N–H and O–H groups in total. The van der Waals surface area contributed by atoms with Gasteiger partial charge in [-0.1, -0.05) is 13.8 Å². The molecule has 0 atom stereocenters. The molecule has 0 fully saturated rings. The summed E-state index contributed by atoms with van der Waals surface area (Å²) < 4.78 is 4.35. The summed E-state index contributed by atoms with van der Waals surface area (Å²) in [5, 5.41) is -0.543. The van der Waals surface area contributed by atoms with Crippen molar-refractivity contribution in [1.82, 2.24) is 0 Å². The number of hydrogen-bond donors (Lipinski definition) is 0. The van der Waals surface area contributed by atoms with Crippen molar-refractivity contribution in [2.75, 3.05) is 6.26 Å². The lowest BCUT2D eigenvalue weighted by atomic mass is 10.2. The van der Waals surface area contributed by atoms with Gasteiger partial charge >= 0.3 is 11.3 Å². The Balaban J connectivity index is 3.69. The van der Waals surface area contributed by atoms with Crippen LogP contribution in [0.3, 0.4) is 0 Å². The van der Waals surface area contributed by atoms with E-state index in [2.05, 4.69) is 4.74 Å². The summed E-state index contributed by atoms with van der Waals surface area (Å²) in [6, 6.07) is 0. The largest absolute Gasteiger partial charge is 0.385 e. The Morgan fingerprint density at radius 2 is 1.90 bits per heavy atom. The van der Waals surface area contributed by atoms with Gasteiger partial charge in [0.2, 0.25) is 0 Å². The van der Waals surface area contributed by atoms with Gasteiger partial charge in [-0.25, -0.2) is 4.79 Å². The smallest absolute Gasteiger partial charge is 0.374 e. The summed E-state index contributed by atoms with van der Waals surface area (Å²) in [5.41, 5.74) is 0. The van der Waals surface area contributed by atoms with Crippen molar-refractivity contribution < 1.29 is 14.3 Å². The molecule has 0 rings (SSSR count). The fraction of sp³-hybridized carbons (Fsp3) is 0.667. The summed E-state index contributed by atoms with van der Waals surface area (Å²) in [6.45, 7) is 3.35. The zero-order chi connectivity index (χ0) is 8.15. The second-order valence-corrected chi connectivity index (χ2v) is 2.77. The van der Waals surface area contributed by atoms with Gasteiger partial charge in [0.05, 0.1) is 5.92 Å². The Bertz CT molecular complexity index is 142. The van der Waals surface area contributed by atoms with Gasteiger partial charge in [0.15, 0.2) is 0 Å². The van der Waals surface area contributed by atoms with E-state index in [1.807, 2.05) is 0 Å². The van der Waals surface area contributed by atoms with E-state index in [-0.39, 0.29) is 5.92 Å². The molecule has 0 aliphatic heterocycles. The zero-order valence-electron chi connectivity index (χ0n) is 6.21. The molecular weight excluding hydrogens is 152 g/mol. The van der Waals surface area contributed by atoms with Crippen LogP contribution in [0.1, 0.15) is 13.8 Å². The summed E-state index contributed by atoms with van der Waals surface area (Å²) in [6.07, 6.45) is 1.57. The standard InChI is InChI=1S/C6H10O3S/c1-4(2)5(7)9-6(8)10-3/h4H,1-3H3. The van der Waals surface area contributed by atoms with Gasteiger partial charge in [-0.3, -0.25) is 4.79 Å². The number of ether oxygens (including phenoxy) is 1. The predicted molar refractivity (Wildman–Crippen MR) is 39.8 cm³/mol. The van der Waals surface area contributed by atoms with E-state index in [0.29, 0.717) is 0 Å². The van der Waals surface area contributed by atoms with Gasteiger partial charge in [0, 0.05) is 0 Å². The number of hydrogen-bond acceptors (Lipinski definition) is 4. The minimum atomic E-state index is -0.543. The molecule has 3 nitrogen and oxygen atoms in total. The van der Waals surface area contributed by atoms with Gasteiger partial charge < -0.3 is 4.74 Å². The van der Waals surface area contributed by atoms with E-state index in [0.717, 1.165) is 11.8 Å². The van der Waals surface area contributed by atoms with Crippen LogP contribution in [0.25, 0.3) is 0 Å². The second kappa shape index (κ2) is 4.33. The lowest BCUT2D eigenvalue weighted by Gasteiger charge is -2.01. The summed E-state index contributed by atoms with van der Waals surface area (Å²) in [4.78, 5) is 21.1. The Morgan fingerprint density at radius 3 is 2.20 bits per heavy atom. The molecule has 0 radical (unpaired) electrons. The number of carbonyl (C=O) groups excluding carboxylic acids is 2. The Kier molecular flexibility index (Phi) is 4.11. The van der Waals surface area contributed by atoms with Crippen LogP contribution in [0, 0.1) is 5.92 Å². The number of thioether (sulfide) groups is 1. The first-order valence-corrected chi connectivity index (χ1v) is 4.10. The Morgan fingerprint density at radius 1 is 1.40 bits per heavy atom. The quantitative estimate of drug-likeness (QED) is 0.434. The van der Waals surface area contributed by atoms with Crippen LogP contribution in [0.2, 0.25) is 0 Å². The van der Waals surface area contributed by atoms with Crippen LogP contribution in [0.15, 0.2) is 0 Å². The molecule has 0 aromatic heterocycles. The summed E-state index contributed by atoms with van der Waals surface area (Å²) in [7, 11) is 0. The molecule has 0 bridgehead atoms. The first-order chi connectivity index (χ1) is 4.57.